The van der Waals surface area contributed by atoms with Gasteiger partial charge in [-0.2, -0.15) is 14.0 Å². The van der Waals surface area contributed by atoms with E-state index in [0.29, 0.717) is 12.1 Å². The minimum absolute atomic E-state index is 0.0324. The molecule has 0 aliphatic rings. The van der Waals surface area contributed by atoms with E-state index < -0.39 is 12.7 Å². The lowest BCUT2D eigenvalue weighted by atomic mass is 10.1. The van der Waals surface area contributed by atoms with E-state index in [2.05, 4.69) is 10.1 Å². The standard InChI is InChI=1S/C11H12F2N2O/c1-2-15-9(7-14)8-5-3-4-6-10(8)16-11(12)13/h3-6,9,11,15H,2H2,1H3. The Kier molecular flexibility index (Phi) is 4.67. The molecule has 0 heterocycles. The molecule has 0 saturated carbocycles. The van der Waals surface area contributed by atoms with Gasteiger partial charge in [0.1, 0.15) is 11.8 Å². The van der Waals surface area contributed by atoms with Gasteiger partial charge in [-0.3, -0.25) is 5.32 Å². The maximum atomic E-state index is 12.1. The molecule has 0 spiro atoms. The van der Waals surface area contributed by atoms with Crippen LogP contribution in [0.5, 0.6) is 5.75 Å². The summed E-state index contributed by atoms with van der Waals surface area (Å²) in [7, 11) is 0. The highest BCUT2D eigenvalue weighted by Gasteiger charge is 2.16. The summed E-state index contributed by atoms with van der Waals surface area (Å²) in [4.78, 5) is 0. The van der Waals surface area contributed by atoms with E-state index in [-0.39, 0.29) is 5.75 Å². The number of benzene rings is 1. The van der Waals surface area contributed by atoms with Gasteiger partial charge in [-0.25, -0.2) is 0 Å². The molecule has 3 nitrogen and oxygen atoms in total. The molecule has 1 rings (SSSR count). The van der Waals surface area contributed by atoms with Crippen LogP contribution < -0.4 is 10.1 Å². The minimum Gasteiger partial charge on any atom is -0.434 e. The van der Waals surface area contributed by atoms with Crippen molar-refractivity contribution in [2.45, 2.75) is 19.6 Å². The highest BCUT2D eigenvalue weighted by atomic mass is 19.3. The molecule has 0 aliphatic carbocycles. The number of nitriles is 1. The molecule has 0 radical (unpaired) electrons. The first-order chi connectivity index (χ1) is 7.69. The molecule has 16 heavy (non-hydrogen) atoms. The molecule has 86 valence electrons. The molecule has 0 aliphatic heterocycles. The lowest BCUT2D eigenvalue weighted by Gasteiger charge is -2.14. The van der Waals surface area contributed by atoms with Crippen LogP contribution in [-0.2, 0) is 0 Å². The van der Waals surface area contributed by atoms with Crippen molar-refractivity contribution in [3.63, 3.8) is 0 Å². The van der Waals surface area contributed by atoms with Crippen LogP contribution in [-0.4, -0.2) is 13.2 Å². The summed E-state index contributed by atoms with van der Waals surface area (Å²) < 4.78 is 28.6. The molecule has 1 unspecified atom stereocenters. The number of nitrogens with one attached hydrogen (secondary N) is 1. The Bertz CT molecular complexity index is 376. The highest BCUT2D eigenvalue weighted by Crippen LogP contribution is 2.25. The van der Waals surface area contributed by atoms with Gasteiger partial charge in [0.15, 0.2) is 0 Å². The van der Waals surface area contributed by atoms with Crippen LogP contribution in [0.3, 0.4) is 0 Å². The molecule has 1 aromatic rings. The Morgan fingerprint density at radius 1 is 1.44 bits per heavy atom. The Hall–Kier alpha value is -1.67. The molecule has 5 heteroatoms. The van der Waals surface area contributed by atoms with Crippen molar-refractivity contribution in [3.8, 4) is 11.8 Å². The van der Waals surface area contributed by atoms with Gasteiger partial charge in [-0.1, -0.05) is 25.1 Å². The second kappa shape index (κ2) is 6.03. The van der Waals surface area contributed by atoms with E-state index in [0.717, 1.165) is 0 Å². The minimum atomic E-state index is -2.89. The van der Waals surface area contributed by atoms with E-state index in [4.69, 9.17) is 5.26 Å². The average Bonchev–Trinajstić information content (AvgIpc) is 2.26. The van der Waals surface area contributed by atoms with Crippen molar-refractivity contribution in [3.05, 3.63) is 29.8 Å². The SMILES string of the molecule is CCNC(C#N)c1ccccc1OC(F)F. The van der Waals surface area contributed by atoms with Crippen molar-refractivity contribution >= 4 is 0 Å². The lowest BCUT2D eigenvalue weighted by Crippen LogP contribution is -2.20. The largest absolute Gasteiger partial charge is 0.434 e. The third kappa shape index (κ3) is 3.17. The Morgan fingerprint density at radius 2 is 2.12 bits per heavy atom. The van der Waals surface area contributed by atoms with Crippen LogP contribution in [0.25, 0.3) is 0 Å². The fourth-order valence-corrected chi connectivity index (χ4v) is 1.35. The molecule has 0 bridgehead atoms. The van der Waals surface area contributed by atoms with Crippen LogP contribution in [0.4, 0.5) is 8.78 Å². The molecule has 1 aromatic carbocycles. The number of rotatable bonds is 5. The summed E-state index contributed by atoms with van der Waals surface area (Å²) >= 11 is 0. The van der Waals surface area contributed by atoms with E-state index >= 15 is 0 Å². The van der Waals surface area contributed by atoms with Crippen LogP contribution in [0.1, 0.15) is 18.5 Å². The zero-order valence-electron chi connectivity index (χ0n) is 8.78. The molecule has 0 saturated heterocycles. The molecule has 1 N–H and O–H groups in total. The molecule has 1 atom stereocenters. The van der Waals surface area contributed by atoms with Gasteiger partial charge in [-0.15, -0.1) is 0 Å². The topological polar surface area (TPSA) is 45.0 Å². The highest BCUT2D eigenvalue weighted by molar-refractivity contribution is 5.38. The first kappa shape index (κ1) is 12.4. The van der Waals surface area contributed by atoms with Crippen molar-refractivity contribution < 1.29 is 13.5 Å². The van der Waals surface area contributed by atoms with Crippen LogP contribution >= 0.6 is 0 Å². The number of hydrogen-bond donors (Lipinski definition) is 1. The Morgan fingerprint density at radius 3 is 2.69 bits per heavy atom. The Balaban J connectivity index is 2.97. The predicted molar refractivity (Wildman–Crippen MR) is 55.1 cm³/mol. The molecular weight excluding hydrogens is 214 g/mol. The van der Waals surface area contributed by atoms with Crippen LogP contribution in [0.2, 0.25) is 0 Å². The number of nitrogens with zero attached hydrogens (tertiary/aromatic N) is 1. The van der Waals surface area contributed by atoms with Gasteiger partial charge in [0.05, 0.1) is 6.07 Å². The zero-order valence-corrected chi connectivity index (χ0v) is 8.78. The quantitative estimate of drug-likeness (QED) is 0.838. The predicted octanol–water partition coefficient (Wildman–Crippen LogP) is 2.46. The van der Waals surface area contributed by atoms with Gasteiger partial charge < -0.3 is 4.74 Å². The van der Waals surface area contributed by atoms with E-state index in [1.54, 1.807) is 18.2 Å². The van der Waals surface area contributed by atoms with E-state index in [1.807, 2.05) is 13.0 Å². The van der Waals surface area contributed by atoms with Crippen molar-refractivity contribution in [2.24, 2.45) is 0 Å². The fraction of sp³-hybridized carbons (Fsp3) is 0.364. The first-order valence-corrected chi connectivity index (χ1v) is 4.85. The number of alkyl halides is 2. The summed E-state index contributed by atoms with van der Waals surface area (Å²) in [6, 6.07) is 7.63. The number of halogens is 2. The summed E-state index contributed by atoms with van der Waals surface area (Å²) in [5.74, 6) is 0.0324. The van der Waals surface area contributed by atoms with Gasteiger partial charge in [-0.05, 0) is 12.6 Å². The van der Waals surface area contributed by atoms with Gasteiger partial charge >= 0.3 is 6.61 Å². The van der Waals surface area contributed by atoms with E-state index in [1.165, 1.54) is 6.07 Å². The maximum Gasteiger partial charge on any atom is 0.387 e. The van der Waals surface area contributed by atoms with Crippen LogP contribution in [0.15, 0.2) is 24.3 Å². The fourth-order valence-electron chi connectivity index (χ4n) is 1.35. The maximum absolute atomic E-state index is 12.1. The van der Waals surface area contributed by atoms with Crippen molar-refractivity contribution in [2.75, 3.05) is 6.54 Å². The van der Waals surface area contributed by atoms with E-state index in [9.17, 15) is 8.78 Å². The third-order valence-electron chi connectivity index (χ3n) is 1.98. The second-order valence-electron chi connectivity index (χ2n) is 3.04. The van der Waals surface area contributed by atoms with Gasteiger partial charge in [0.2, 0.25) is 0 Å². The number of ether oxygens (including phenoxy) is 1. The molecule has 0 amide bonds. The van der Waals surface area contributed by atoms with Crippen molar-refractivity contribution in [1.29, 1.82) is 5.26 Å². The summed E-state index contributed by atoms with van der Waals surface area (Å²) in [6.07, 6.45) is 0. The summed E-state index contributed by atoms with van der Waals surface area (Å²) in [5.41, 5.74) is 0.423. The third-order valence-corrected chi connectivity index (χ3v) is 1.98. The zero-order chi connectivity index (χ0) is 12.0. The molecule has 0 aromatic heterocycles. The lowest BCUT2D eigenvalue weighted by molar-refractivity contribution is -0.0505. The second-order valence-corrected chi connectivity index (χ2v) is 3.04. The van der Waals surface area contributed by atoms with Crippen molar-refractivity contribution in [1.82, 2.24) is 5.32 Å². The monoisotopic (exact) mass is 226 g/mol. The van der Waals surface area contributed by atoms with Gasteiger partial charge in [0.25, 0.3) is 0 Å². The van der Waals surface area contributed by atoms with Gasteiger partial charge in [0, 0.05) is 5.56 Å². The summed E-state index contributed by atoms with van der Waals surface area (Å²) in [6.45, 7) is -0.482. The summed E-state index contributed by atoms with van der Waals surface area (Å²) in [5, 5.41) is 11.8. The Labute approximate surface area is 92.6 Å². The normalized spacial score (nSPS) is 12.2. The number of hydrogen-bond acceptors (Lipinski definition) is 3. The molecule has 0 fully saturated rings. The number of para-hydroxylation sites is 1. The first-order valence-electron chi connectivity index (χ1n) is 4.85. The molecular formula is C11H12F2N2O. The average molecular weight is 226 g/mol. The smallest absolute Gasteiger partial charge is 0.387 e. The van der Waals surface area contributed by atoms with Crippen LogP contribution in [0, 0.1) is 11.3 Å².